The van der Waals surface area contributed by atoms with Crippen molar-refractivity contribution in [1.82, 2.24) is 0 Å². The van der Waals surface area contributed by atoms with Gasteiger partial charge in [0, 0.05) is 11.3 Å². The van der Waals surface area contributed by atoms with E-state index in [9.17, 15) is 0 Å². The minimum atomic E-state index is 0.462. The van der Waals surface area contributed by atoms with Gasteiger partial charge in [0.2, 0.25) is 0 Å². The molecule has 70 valence electrons. The van der Waals surface area contributed by atoms with Gasteiger partial charge in [0.25, 0.3) is 0 Å². The molecule has 2 rings (SSSR count). The summed E-state index contributed by atoms with van der Waals surface area (Å²) in [6, 6.07) is 1.17. The zero-order valence-electron chi connectivity index (χ0n) is 8.56. The summed E-state index contributed by atoms with van der Waals surface area (Å²) in [6.07, 6.45) is 2.74. The molecule has 0 aromatic heterocycles. The maximum absolute atomic E-state index is 4.31. The summed E-state index contributed by atoms with van der Waals surface area (Å²) in [7, 11) is 0. The standard InChI is InChI=1S/C10H20N2/c1-9(2)6-4-5-10(9,3)8(12)7(6)11/h6-8H,4-5,11-12H2,1-3H3/p+2/t6-,7+,8+,10-/m0/s1. The predicted molar refractivity (Wildman–Crippen MR) is 48.0 cm³/mol. The molecule has 0 heterocycles. The van der Waals surface area contributed by atoms with Crippen LogP contribution >= 0.6 is 0 Å². The van der Waals surface area contributed by atoms with E-state index in [1.54, 1.807) is 0 Å². The van der Waals surface area contributed by atoms with E-state index >= 15 is 0 Å². The van der Waals surface area contributed by atoms with Gasteiger partial charge in [0.15, 0.2) is 0 Å². The van der Waals surface area contributed by atoms with E-state index in [0.717, 1.165) is 5.92 Å². The maximum atomic E-state index is 4.31. The number of hydrogen-bond donors (Lipinski definition) is 2. The van der Waals surface area contributed by atoms with Crippen LogP contribution in [0.25, 0.3) is 0 Å². The van der Waals surface area contributed by atoms with E-state index in [4.69, 9.17) is 0 Å². The smallest absolute Gasteiger partial charge is 0.143 e. The average molecular weight is 170 g/mol. The van der Waals surface area contributed by atoms with Crippen molar-refractivity contribution in [1.29, 1.82) is 0 Å². The Kier molecular flexibility index (Phi) is 1.45. The van der Waals surface area contributed by atoms with Crippen molar-refractivity contribution in [3.63, 3.8) is 0 Å². The molecule has 0 aromatic rings. The van der Waals surface area contributed by atoms with Crippen molar-refractivity contribution < 1.29 is 11.5 Å². The molecule has 0 aromatic carbocycles. The lowest BCUT2D eigenvalue weighted by atomic mass is 9.69. The zero-order chi connectivity index (χ0) is 9.15. The number of fused-ring (bicyclic) bond motifs is 2. The highest BCUT2D eigenvalue weighted by atomic mass is 14.9. The Morgan fingerprint density at radius 1 is 1.17 bits per heavy atom. The van der Waals surface area contributed by atoms with Crippen LogP contribution in [0.2, 0.25) is 0 Å². The van der Waals surface area contributed by atoms with Crippen LogP contribution < -0.4 is 11.5 Å². The lowest BCUT2D eigenvalue weighted by Crippen LogP contribution is -2.82. The van der Waals surface area contributed by atoms with Gasteiger partial charge in [-0.05, 0) is 18.3 Å². The van der Waals surface area contributed by atoms with Gasteiger partial charge in [-0.15, -0.1) is 0 Å². The Bertz CT molecular complexity index is 212. The van der Waals surface area contributed by atoms with Gasteiger partial charge in [0.05, 0.1) is 0 Å². The van der Waals surface area contributed by atoms with Crippen LogP contribution in [-0.4, -0.2) is 12.1 Å². The van der Waals surface area contributed by atoms with Gasteiger partial charge in [-0.1, -0.05) is 20.8 Å². The molecular weight excluding hydrogens is 148 g/mol. The van der Waals surface area contributed by atoms with E-state index in [1.807, 2.05) is 0 Å². The molecule has 0 aliphatic heterocycles. The minimum absolute atomic E-state index is 0.462. The Hall–Kier alpha value is -0.0800. The third-order valence-electron chi connectivity index (χ3n) is 5.23. The lowest BCUT2D eigenvalue weighted by Gasteiger charge is -2.34. The average Bonchev–Trinajstić information content (AvgIpc) is 2.26. The molecule has 0 amide bonds. The van der Waals surface area contributed by atoms with E-state index in [2.05, 4.69) is 32.2 Å². The largest absolute Gasteiger partial charge is 0.350 e. The summed E-state index contributed by atoms with van der Waals surface area (Å²) in [5.74, 6) is 0.824. The van der Waals surface area contributed by atoms with Crippen LogP contribution in [-0.2, 0) is 0 Å². The van der Waals surface area contributed by atoms with Gasteiger partial charge >= 0.3 is 0 Å². The van der Waals surface area contributed by atoms with Gasteiger partial charge in [0.1, 0.15) is 12.1 Å². The van der Waals surface area contributed by atoms with Gasteiger partial charge in [-0.2, -0.15) is 0 Å². The fourth-order valence-electron chi connectivity index (χ4n) is 3.73. The Morgan fingerprint density at radius 2 is 1.75 bits per heavy atom. The van der Waals surface area contributed by atoms with E-state index in [0.29, 0.717) is 22.9 Å². The molecule has 0 saturated heterocycles. The first kappa shape index (κ1) is 8.52. The molecule has 12 heavy (non-hydrogen) atoms. The summed E-state index contributed by atoms with van der Waals surface area (Å²) >= 11 is 0. The molecule has 4 atom stereocenters. The van der Waals surface area contributed by atoms with Crippen LogP contribution in [0.4, 0.5) is 0 Å². The summed E-state index contributed by atoms with van der Waals surface area (Å²) in [5.41, 5.74) is 9.53. The maximum Gasteiger partial charge on any atom is 0.143 e. The first-order valence-electron chi connectivity index (χ1n) is 5.07. The fourth-order valence-corrected chi connectivity index (χ4v) is 3.73. The van der Waals surface area contributed by atoms with Crippen LogP contribution in [0.15, 0.2) is 0 Å². The third kappa shape index (κ3) is 0.647. The molecule has 2 bridgehead atoms. The van der Waals surface area contributed by atoms with Gasteiger partial charge < -0.3 is 11.5 Å². The molecule has 0 spiro atoms. The summed E-state index contributed by atoms with van der Waals surface area (Å²) in [6.45, 7) is 7.23. The zero-order valence-corrected chi connectivity index (χ0v) is 8.56. The molecule has 6 N–H and O–H groups in total. The highest BCUT2D eigenvalue weighted by molar-refractivity contribution is 5.13. The molecule has 2 heteroatoms. The second-order valence-corrected chi connectivity index (χ2v) is 5.55. The van der Waals surface area contributed by atoms with Crippen molar-refractivity contribution in [3.8, 4) is 0 Å². The Labute approximate surface area is 74.7 Å². The van der Waals surface area contributed by atoms with Crippen molar-refractivity contribution in [2.75, 3.05) is 0 Å². The van der Waals surface area contributed by atoms with E-state index in [-0.39, 0.29) is 0 Å². The molecule has 2 saturated carbocycles. The summed E-state index contributed by atoms with van der Waals surface area (Å²) < 4.78 is 0. The van der Waals surface area contributed by atoms with Gasteiger partial charge in [-0.3, -0.25) is 0 Å². The summed E-state index contributed by atoms with van der Waals surface area (Å²) in [4.78, 5) is 0. The van der Waals surface area contributed by atoms with Gasteiger partial charge in [-0.25, -0.2) is 0 Å². The normalized spacial score (nSPS) is 56.2. The molecular formula is C10H22N2+2. The second kappa shape index (κ2) is 2.05. The highest BCUT2D eigenvalue weighted by Crippen LogP contribution is 2.63. The molecule has 2 aliphatic rings. The van der Waals surface area contributed by atoms with Crippen LogP contribution in [0.1, 0.15) is 33.6 Å². The number of quaternary nitrogens is 2. The van der Waals surface area contributed by atoms with E-state index in [1.165, 1.54) is 12.8 Å². The van der Waals surface area contributed by atoms with Crippen LogP contribution in [0.5, 0.6) is 0 Å². The van der Waals surface area contributed by atoms with Crippen LogP contribution in [0, 0.1) is 16.7 Å². The highest BCUT2D eigenvalue weighted by Gasteiger charge is 2.68. The second-order valence-electron chi connectivity index (χ2n) is 5.55. The Balaban J connectivity index is 2.44. The first-order valence-corrected chi connectivity index (χ1v) is 5.07. The molecule has 2 nitrogen and oxygen atoms in total. The Morgan fingerprint density at radius 3 is 2.00 bits per heavy atom. The van der Waals surface area contributed by atoms with Crippen molar-refractivity contribution in [2.24, 2.45) is 16.7 Å². The SMILES string of the molecule is CC1(C)[C@H]2CC[C@@]1(C)[C@H]([NH3+])[C@@H]2[NH3+]. The molecule has 0 unspecified atom stereocenters. The van der Waals surface area contributed by atoms with Crippen molar-refractivity contribution in [3.05, 3.63) is 0 Å². The van der Waals surface area contributed by atoms with E-state index < -0.39 is 0 Å². The first-order chi connectivity index (χ1) is 5.41. The lowest BCUT2D eigenvalue weighted by molar-refractivity contribution is -0.543. The molecule has 2 aliphatic carbocycles. The quantitative estimate of drug-likeness (QED) is 0.500. The summed E-state index contributed by atoms with van der Waals surface area (Å²) in [5, 5.41) is 0. The predicted octanol–water partition coefficient (Wildman–Crippen LogP) is -0.336. The van der Waals surface area contributed by atoms with Crippen LogP contribution in [0.3, 0.4) is 0 Å². The fraction of sp³-hybridized carbons (Fsp3) is 1.00. The topological polar surface area (TPSA) is 55.3 Å². The minimum Gasteiger partial charge on any atom is -0.350 e. The van der Waals surface area contributed by atoms with Crippen molar-refractivity contribution in [2.45, 2.75) is 45.7 Å². The number of rotatable bonds is 0. The molecule has 0 radical (unpaired) electrons. The number of hydrogen-bond acceptors (Lipinski definition) is 0. The van der Waals surface area contributed by atoms with Crippen molar-refractivity contribution >= 4 is 0 Å². The third-order valence-corrected chi connectivity index (χ3v) is 5.23. The molecule has 2 fully saturated rings. The monoisotopic (exact) mass is 170 g/mol.